The van der Waals surface area contributed by atoms with Crippen LogP contribution in [0.5, 0.6) is 0 Å². The Kier molecular flexibility index (Phi) is 6.13. The van der Waals surface area contributed by atoms with E-state index in [1.54, 1.807) is 27.7 Å². The zero-order valence-electron chi connectivity index (χ0n) is 14.4. The molecule has 136 valence electrons. The Morgan fingerprint density at radius 2 is 1.75 bits per heavy atom. The van der Waals surface area contributed by atoms with Crippen LogP contribution in [-0.2, 0) is 28.6 Å². The fraction of sp³-hybridized carbons (Fsp3) is 0.688. The molecule has 1 saturated heterocycles. The average molecular weight is 344 g/mol. The molecule has 0 bridgehead atoms. The number of carbonyl (C=O) groups excluding carboxylic acids is 1. The first-order chi connectivity index (χ1) is 11.0. The Labute approximate surface area is 140 Å². The van der Waals surface area contributed by atoms with Crippen LogP contribution in [0.15, 0.2) is 12.2 Å². The van der Waals surface area contributed by atoms with Gasteiger partial charge in [-0.25, -0.2) is 9.59 Å². The second-order valence-electron chi connectivity index (χ2n) is 6.27. The van der Waals surface area contributed by atoms with Crippen molar-refractivity contribution in [2.45, 2.75) is 52.1 Å². The Morgan fingerprint density at radius 1 is 1.17 bits per heavy atom. The van der Waals surface area contributed by atoms with Crippen LogP contribution in [0.1, 0.15) is 34.6 Å². The lowest BCUT2D eigenvalue weighted by Gasteiger charge is -2.33. The summed E-state index contributed by atoms with van der Waals surface area (Å²) >= 11 is 0. The first kappa shape index (κ1) is 20.1. The van der Waals surface area contributed by atoms with E-state index in [1.165, 1.54) is 19.1 Å². The highest BCUT2D eigenvalue weighted by molar-refractivity contribution is 5.88. The fourth-order valence-corrected chi connectivity index (χ4v) is 2.57. The molecule has 1 fully saturated rings. The number of hydrogen-bond acceptors (Lipinski definition) is 6. The summed E-state index contributed by atoms with van der Waals surface area (Å²) in [7, 11) is 0. The van der Waals surface area contributed by atoms with Gasteiger partial charge in [-0.3, -0.25) is 4.79 Å². The van der Waals surface area contributed by atoms with Gasteiger partial charge in [0.25, 0.3) is 0 Å². The average Bonchev–Trinajstić information content (AvgIpc) is 2.82. The van der Waals surface area contributed by atoms with Crippen molar-refractivity contribution in [1.29, 1.82) is 0 Å². The molecule has 0 amide bonds. The van der Waals surface area contributed by atoms with Crippen molar-refractivity contribution in [3.05, 3.63) is 12.2 Å². The number of rotatable bonds is 7. The van der Waals surface area contributed by atoms with Gasteiger partial charge in [0.2, 0.25) is 5.60 Å². The van der Waals surface area contributed by atoms with Gasteiger partial charge < -0.3 is 24.4 Å². The van der Waals surface area contributed by atoms with E-state index in [-0.39, 0.29) is 12.5 Å². The maximum atomic E-state index is 11.8. The van der Waals surface area contributed by atoms with Crippen LogP contribution in [0.2, 0.25) is 0 Å². The molecule has 0 aromatic carbocycles. The molecule has 1 aliphatic heterocycles. The molecule has 0 spiro atoms. The van der Waals surface area contributed by atoms with Gasteiger partial charge in [-0.1, -0.05) is 27.7 Å². The van der Waals surface area contributed by atoms with Crippen LogP contribution >= 0.6 is 0 Å². The molecule has 0 radical (unpaired) electrons. The summed E-state index contributed by atoms with van der Waals surface area (Å²) < 4.78 is 16.1. The molecular weight excluding hydrogens is 320 g/mol. The van der Waals surface area contributed by atoms with Crippen molar-refractivity contribution in [2.75, 3.05) is 6.61 Å². The largest absolute Gasteiger partial charge is 0.479 e. The van der Waals surface area contributed by atoms with E-state index >= 15 is 0 Å². The monoisotopic (exact) mass is 344 g/mol. The maximum absolute atomic E-state index is 11.8. The van der Waals surface area contributed by atoms with Crippen molar-refractivity contribution in [3.8, 4) is 0 Å². The van der Waals surface area contributed by atoms with E-state index in [0.29, 0.717) is 0 Å². The van der Waals surface area contributed by atoms with Crippen LogP contribution in [0, 0.1) is 11.8 Å². The Morgan fingerprint density at radius 3 is 2.08 bits per heavy atom. The maximum Gasteiger partial charge on any atom is 0.339 e. The number of hydrogen-bond donors (Lipinski definition) is 2. The lowest BCUT2D eigenvalue weighted by atomic mass is 9.85. The molecule has 1 rings (SSSR count). The van der Waals surface area contributed by atoms with E-state index < -0.39 is 41.3 Å². The van der Waals surface area contributed by atoms with E-state index in [1.807, 2.05) is 0 Å². The Hall–Kier alpha value is -1.93. The predicted molar refractivity (Wildman–Crippen MR) is 82.1 cm³/mol. The minimum Gasteiger partial charge on any atom is -0.479 e. The van der Waals surface area contributed by atoms with E-state index in [0.717, 1.165) is 0 Å². The molecule has 0 aliphatic carbocycles. The van der Waals surface area contributed by atoms with Crippen LogP contribution in [-0.4, -0.2) is 52.2 Å². The summed E-state index contributed by atoms with van der Waals surface area (Å²) in [4.78, 5) is 34.2. The van der Waals surface area contributed by atoms with Gasteiger partial charge in [-0.05, 0) is 18.1 Å². The summed E-state index contributed by atoms with van der Waals surface area (Å²) in [5, 5.41) is 19.1. The molecule has 0 aromatic rings. The van der Waals surface area contributed by atoms with Gasteiger partial charge in [0.1, 0.15) is 6.61 Å². The number of carboxylic acid groups (broad SMARTS) is 2. The molecule has 1 aliphatic rings. The number of carboxylic acids is 2. The van der Waals surface area contributed by atoms with Crippen molar-refractivity contribution < 1.29 is 38.8 Å². The van der Waals surface area contributed by atoms with Crippen molar-refractivity contribution >= 4 is 17.9 Å². The second-order valence-corrected chi connectivity index (χ2v) is 6.27. The van der Waals surface area contributed by atoms with Gasteiger partial charge in [-0.2, -0.15) is 0 Å². The van der Waals surface area contributed by atoms with Gasteiger partial charge >= 0.3 is 17.9 Å². The van der Waals surface area contributed by atoms with Gasteiger partial charge in [0.05, 0.1) is 0 Å². The summed E-state index contributed by atoms with van der Waals surface area (Å²) in [5.41, 5.74) is -2.03. The lowest BCUT2D eigenvalue weighted by Crippen LogP contribution is -2.55. The van der Waals surface area contributed by atoms with E-state index in [2.05, 4.69) is 0 Å². The van der Waals surface area contributed by atoms with Crippen LogP contribution in [0.4, 0.5) is 0 Å². The Bertz CT molecular complexity index is 538. The predicted octanol–water partition coefficient (Wildman–Crippen LogP) is 1.44. The van der Waals surface area contributed by atoms with Crippen LogP contribution in [0.25, 0.3) is 0 Å². The highest BCUT2D eigenvalue weighted by Crippen LogP contribution is 2.46. The molecule has 8 nitrogen and oxygen atoms in total. The zero-order chi connectivity index (χ0) is 18.7. The van der Waals surface area contributed by atoms with Crippen LogP contribution < -0.4 is 0 Å². The molecule has 24 heavy (non-hydrogen) atoms. The first-order valence-corrected chi connectivity index (χ1v) is 7.64. The quantitative estimate of drug-likeness (QED) is 0.526. The highest BCUT2D eigenvalue weighted by atomic mass is 16.8. The van der Waals surface area contributed by atoms with Gasteiger partial charge in [0.15, 0.2) is 11.9 Å². The zero-order valence-corrected chi connectivity index (χ0v) is 14.4. The SMILES string of the molecule is CC(=O)OCC=CC1(C(C)C)O[C@H](C(=O)O)[C@](C(=O)O)(C(C)C)O1. The second kappa shape index (κ2) is 7.31. The number of ether oxygens (including phenoxy) is 3. The fourth-order valence-electron chi connectivity index (χ4n) is 2.57. The highest BCUT2D eigenvalue weighted by Gasteiger charge is 2.66. The number of aliphatic carboxylic acids is 2. The molecule has 8 heteroatoms. The summed E-state index contributed by atoms with van der Waals surface area (Å²) in [6, 6.07) is 0. The smallest absolute Gasteiger partial charge is 0.339 e. The third kappa shape index (κ3) is 3.59. The normalized spacial score (nSPS) is 30.2. The van der Waals surface area contributed by atoms with Crippen molar-refractivity contribution in [2.24, 2.45) is 11.8 Å². The molecular formula is C16H24O8. The number of esters is 1. The minimum absolute atomic E-state index is 0.0595. The van der Waals surface area contributed by atoms with Crippen LogP contribution in [0.3, 0.4) is 0 Å². The third-order valence-corrected chi connectivity index (χ3v) is 3.97. The van der Waals surface area contributed by atoms with Crippen molar-refractivity contribution in [3.63, 3.8) is 0 Å². The topological polar surface area (TPSA) is 119 Å². The lowest BCUT2D eigenvalue weighted by molar-refractivity contribution is -0.202. The summed E-state index contributed by atoms with van der Waals surface area (Å²) in [6.45, 7) is 7.75. The third-order valence-electron chi connectivity index (χ3n) is 3.97. The minimum atomic E-state index is -2.03. The molecule has 2 N–H and O–H groups in total. The molecule has 3 atom stereocenters. The molecule has 1 heterocycles. The standard InChI is InChI=1S/C16H24O8/c1-9(2)15(7-6-8-22-11(5)17)23-12(13(18)19)16(24-15,10(3)4)14(20)21/h6-7,9-10,12H,8H2,1-5H3,(H,18,19)(H,20,21)/t12-,15?,16+/m1/s1. The van der Waals surface area contributed by atoms with Crippen molar-refractivity contribution in [1.82, 2.24) is 0 Å². The number of carbonyl (C=O) groups is 3. The van der Waals surface area contributed by atoms with Gasteiger partial charge in [-0.15, -0.1) is 0 Å². The Balaban J connectivity index is 3.27. The van der Waals surface area contributed by atoms with Gasteiger partial charge in [0, 0.05) is 12.8 Å². The van der Waals surface area contributed by atoms with E-state index in [9.17, 15) is 24.6 Å². The van der Waals surface area contributed by atoms with E-state index in [4.69, 9.17) is 14.2 Å². The summed E-state index contributed by atoms with van der Waals surface area (Å²) in [6.07, 6.45) is 1.18. The molecule has 0 aromatic heterocycles. The molecule has 1 unspecified atom stereocenters. The molecule has 0 saturated carbocycles. The first-order valence-electron chi connectivity index (χ1n) is 7.64. The summed E-state index contributed by atoms with van der Waals surface area (Å²) in [5.74, 6) is -5.88.